The molecule has 0 radical (unpaired) electrons. The average molecular weight is 456 g/mol. The summed E-state index contributed by atoms with van der Waals surface area (Å²) in [6.07, 6.45) is 2.86. The molecule has 0 saturated carbocycles. The number of halogens is 2. The first-order chi connectivity index (χ1) is 15.2. The summed E-state index contributed by atoms with van der Waals surface area (Å²) in [7, 11) is -3.38. The van der Waals surface area contributed by atoms with Gasteiger partial charge >= 0.3 is 5.25 Å². The zero-order valence-electron chi connectivity index (χ0n) is 17.7. The number of fused-ring (bicyclic) bond motifs is 1. The van der Waals surface area contributed by atoms with E-state index in [0.717, 1.165) is 16.7 Å². The smallest absolute Gasteiger partial charge is 0.373 e. The lowest BCUT2D eigenvalue weighted by atomic mass is 10.00. The summed E-state index contributed by atoms with van der Waals surface area (Å²) >= 11 is 0. The molecule has 1 unspecified atom stereocenters. The molecule has 1 aliphatic heterocycles. The first-order valence-corrected chi connectivity index (χ1v) is 11.6. The highest BCUT2D eigenvalue weighted by Crippen LogP contribution is 2.41. The topological polar surface area (TPSA) is 46.6 Å². The minimum atomic E-state index is -4.93. The molecule has 0 spiro atoms. The van der Waals surface area contributed by atoms with E-state index in [-0.39, 0.29) is 6.54 Å². The first kappa shape index (κ1) is 22.0. The molecule has 4 rings (SSSR count). The largest absolute Gasteiger partial charge is 0.497 e. The van der Waals surface area contributed by atoms with Crippen molar-refractivity contribution in [2.75, 3.05) is 12.0 Å². The van der Waals surface area contributed by atoms with Crippen LogP contribution in [0.5, 0.6) is 5.75 Å². The molecule has 0 N–H and O–H groups in total. The van der Waals surface area contributed by atoms with E-state index in [1.165, 1.54) is 35.2 Å². The van der Waals surface area contributed by atoms with Gasteiger partial charge in [0, 0.05) is 12.2 Å². The minimum Gasteiger partial charge on any atom is -0.497 e. The third-order valence-corrected chi connectivity index (χ3v) is 7.41. The summed E-state index contributed by atoms with van der Waals surface area (Å²) in [4.78, 5) is 1.05. The van der Waals surface area contributed by atoms with Crippen molar-refractivity contribution in [3.05, 3.63) is 95.6 Å². The Bertz CT molecular complexity index is 1240. The molecular weight excluding hydrogens is 432 g/mol. The Morgan fingerprint density at radius 1 is 1.00 bits per heavy atom. The predicted octanol–water partition coefficient (Wildman–Crippen LogP) is 5.47. The van der Waals surface area contributed by atoms with Crippen LogP contribution >= 0.6 is 0 Å². The Kier molecular flexibility index (Phi) is 5.77. The fourth-order valence-electron chi connectivity index (χ4n) is 3.84. The maximum Gasteiger partial charge on any atom is 0.373 e. The van der Waals surface area contributed by atoms with E-state index in [0.29, 0.717) is 11.4 Å². The van der Waals surface area contributed by atoms with Crippen LogP contribution in [0.25, 0.3) is 6.08 Å². The second kappa shape index (κ2) is 8.39. The Balaban J connectivity index is 1.79. The van der Waals surface area contributed by atoms with Crippen LogP contribution in [0.2, 0.25) is 0 Å². The summed E-state index contributed by atoms with van der Waals surface area (Å²) in [5, 5.41) is -4.06. The average Bonchev–Trinajstić information content (AvgIpc) is 2.79. The zero-order valence-corrected chi connectivity index (χ0v) is 18.5. The normalized spacial score (nSPS) is 16.0. The van der Waals surface area contributed by atoms with Crippen LogP contribution in [0.1, 0.15) is 16.7 Å². The summed E-state index contributed by atoms with van der Waals surface area (Å²) in [5.41, 5.74) is 3.06. The molecule has 166 valence electrons. The van der Waals surface area contributed by atoms with E-state index in [2.05, 4.69) is 0 Å². The van der Waals surface area contributed by atoms with Gasteiger partial charge in [0.05, 0.1) is 12.0 Å². The standard InChI is InChI=1S/C25H23F2NO3S/c1-18-8-14-23-20(16-18)11-15-24(28(23)17-19-9-12-21(31-2)13-10-19)25(26,27)32(29,30)22-6-4-3-5-7-22/h3-16,24H,17H2,1-2H3. The number of hydrogen-bond donors (Lipinski definition) is 0. The summed E-state index contributed by atoms with van der Waals surface area (Å²) in [6, 6.07) is 17.7. The van der Waals surface area contributed by atoms with Gasteiger partial charge in [0.15, 0.2) is 0 Å². The molecule has 1 heterocycles. The number of ether oxygens (including phenoxy) is 1. The number of alkyl halides is 2. The van der Waals surface area contributed by atoms with Crippen molar-refractivity contribution in [2.45, 2.75) is 29.7 Å². The molecule has 1 atom stereocenters. The lowest BCUT2D eigenvalue weighted by Crippen LogP contribution is -2.52. The van der Waals surface area contributed by atoms with Crippen molar-refractivity contribution in [3.63, 3.8) is 0 Å². The van der Waals surface area contributed by atoms with E-state index in [4.69, 9.17) is 4.74 Å². The molecule has 3 aromatic carbocycles. The van der Waals surface area contributed by atoms with Gasteiger partial charge in [0.1, 0.15) is 11.8 Å². The molecule has 0 saturated heterocycles. The van der Waals surface area contributed by atoms with Crippen LogP contribution in [0, 0.1) is 6.92 Å². The number of methoxy groups -OCH3 is 1. The van der Waals surface area contributed by atoms with E-state index in [1.54, 1.807) is 49.6 Å². The second-order valence-corrected chi connectivity index (χ2v) is 9.74. The lowest BCUT2D eigenvalue weighted by Gasteiger charge is -2.39. The zero-order chi connectivity index (χ0) is 22.9. The molecular formula is C25H23F2NO3S. The molecule has 32 heavy (non-hydrogen) atoms. The van der Waals surface area contributed by atoms with Gasteiger partial charge in [-0.05, 0) is 54.4 Å². The third kappa shape index (κ3) is 3.88. The van der Waals surface area contributed by atoms with Gasteiger partial charge in [-0.15, -0.1) is 0 Å². The molecule has 4 nitrogen and oxygen atoms in total. The number of sulfone groups is 1. The van der Waals surface area contributed by atoms with Crippen LogP contribution in [0.15, 0.2) is 83.8 Å². The summed E-state index contributed by atoms with van der Waals surface area (Å²) in [5.74, 6) is 0.650. The molecule has 0 aromatic heterocycles. The third-order valence-electron chi connectivity index (χ3n) is 5.55. The Morgan fingerprint density at radius 3 is 2.34 bits per heavy atom. The molecule has 7 heteroatoms. The SMILES string of the molecule is COc1ccc(CN2c3ccc(C)cc3C=CC2C(F)(F)S(=O)(=O)c2ccccc2)cc1. The van der Waals surface area contributed by atoms with Gasteiger partial charge in [-0.25, -0.2) is 8.42 Å². The number of aryl methyl sites for hydroxylation is 1. The van der Waals surface area contributed by atoms with Crippen molar-refractivity contribution in [3.8, 4) is 5.75 Å². The number of hydrogen-bond acceptors (Lipinski definition) is 4. The number of anilines is 1. The highest BCUT2D eigenvalue weighted by atomic mass is 32.2. The molecule has 1 aliphatic rings. The van der Waals surface area contributed by atoms with E-state index < -0.39 is 26.0 Å². The number of nitrogens with zero attached hydrogens (tertiary/aromatic N) is 1. The van der Waals surface area contributed by atoms with Gasteiger partial charge in [-0.3, -0.25) is 0 Å². The fourth-order valence-corrected chi connectivity index (χ4v) is 5.19. The van der Waals surface area contributed by atoms with Crippen molar-refractivity contribution in [1.29, 1.82) is 0 Å². The quantitative estimate of drug-likeness (QED) is 0.494. The molecule has 0 fully saturated rings. The van der Waals surface area contributed by atoms with Crippen LogP contribution in [0.3, 0.4) is 0 Å². The highest BCUT2D eigenvalue weighted by molar-refractivity contribution is 7.92. The van der Waals surface area contributed by atoms with Crippen molar-refractivity contribution >= 4 is 21.6 Å². The monoisotopic (exact) mass is 455 g/mol. The summed E-state index contributed by atoms with van der Waals surface area (Å²) in [6.45, 7) is 2.03. The fraction of sp³-hybridized carbons (Fsp3) is 0.200. The van der Waals surface area contributed by atoms with Crippen LogP contribution in [-0.2, 0) is 16.4 Å². The molecule has 0 amide bonds. The van der Waals surface area contributed by atoms with Crippen LogP contribution in [-0.4, -0.2) is 26.8 Å². The van der Waals surface area contributed by atoms with Gasteiger partial charge < -0.3 is 9.64 Å². The predicted molar refractivity (Wildman–Crippen MR) is 122 cm³/mol. The number of rotatable bonds is 6. The van der Waals surface area contributed by atoms with Gasteiger partial charge in [0.25, 0.3) is 0 Å². The molecule has 0 aliphatic carbocycles. The van der Waals surface area contributed by atoms with Crippen molar-refractivity contribution in [2.24, 2.45) is 0 Å². The van der Waals surface area contributed by atoms with Crippen molar-refractivity contribution in [1.82, 2.24) is 0 Å². The van der Waals surface area contributed by atoms with Crippen LogP contribution < -0.4 is 9.64 Å². The first-order valence-electron chi connectivity index (χ1n) is 10.1. The van der Waals surface area contributed by atoms with Gasteiger partial charge in [-0.1, -0.05) is 54.1 Å². The maximum absolute atomic E-state index is 15.7. The Hall–Kier alpha value is -3.19. The second-order valence-electron chi connectivity index (χ2n) is 7.72. The molecule has 3 aromatic rings. The van der Waals surface area contributed by atoms with Crippen LogP contribution in [0.4, 0.5) is 14.5 Å². The van der Waals surface area contributed by atoms with Crippen molar-refractivity contribution < 1.29 is 21.9 Å². The number of benzene rings is 3. The molecule has 0 bridgehead atoms. The highest BCUT2D eigenvalue weighted by Gasteiger charge is 2.55. The van der Waals surface area contributed by atoms with E-state index in [1.807, 2.05) is 19.1 Å². The van der Waals surface area contributed by atoms with E-state index in [9.17, 15) is 8.42 Å². The lowest BCUT2D eigenvalue weighted by molar-refractivity contribution is 0.0740. The van der Waals surface area contributed by atoms with E-state index >= 15 is 8.78 Å². The Labute approximate surface area is 186 Å². The summed E-state index contributed by atoms with van der Waals surface area (Å²) < 4.78 is 62.6. The Morgan fingerprint density at radius 2 is 1.69 bits per heavy atom. The van der Waals surface area contributed by atoms with Gasteiger partial charge in [-0.2, -0.15) is 8.78 Å². The maximum atomic E-state index is 15.7. The minimum absolute atomic E-state index is 0.106. The van der Waals surface area contributed by atoms with Gasteiger partial charge in [0.2, 0.25) is 9.84 Å².